The minimum Gasteiger partial charge on any atom is -0.465 e. The Morgan fingerprint density at radius 1 is 0.978 bits per heavy atom. The quantitative estimate of drug-likeness (QED) is 0.198. The second kappa shape index (κ2) is 13.6. The standard InChI is InChI=1S/C34H37Cl2FN6O2/c1-20(2)41-12-14-42(15-13-41)29-9-7-25(19-27(29)36)39-33-38-11-10-30(40-33)43(34(44)45)32(26-18-24(35)6-8-28(26)37)31-22(4)16-21(3)17-23(31)5/h6-11,16-20,32H,12-15H2,1-5H3,(H,44,45)(H,38,39,40). The van der Waals surface area contributed by atoms with Crippen LogP contribution in [0, 0.1) is 26.6 Å². The molecule has 11 heteroatoms. The van der Waals surface area contributed by atoms with Gasteiger partial charge in [-0.1, -0.05) is 40.9 Å². The highest BCUT2D eigenvalue weighted by Crippen LogP contribution is 2.39. The average molecular weight is 652 g/mol. The maximum Gasteiger partial charge on any atom is 0.413 e. The van der Waals surface area contributed by atoms with E-state index in [4.69, 9.17) is 23.2 Å². The minimum atomic E-state index is -1.31. The molecule has 2 heterocycles. The van der Waals surface area contributed by atoms with E-state index >= 15 is 4.39 Å². The summed E-state index contributed by atoms with van der Waals surface area (Å²) in [4.78, 5) is 27.7. The molecule has 1 fully saturated rings. The molecule has 4 aromatic rings. The average Bonchev–Trinajstić information content (AvgIpc) is 2.97. The van der Waals surface area contributed by atoms with E-state index in [-0.39, 0.29) is 22.4 Å². The zero-order valence-corrected chi connectivity index (χ0v) is 27.5. The van der Waals surface area contributed by atoms with E-state index in [1.807, 2.05) is 45.0 Å². The predicted molar refractivity (Wildman–Crippen MR) is 180 cm³/mol. The van der Waals surface area contributed by atoms with E-state index in [0.717, 1.165) is 53.5 Å². The van der Waals surface area contributed by atoms with Crippen molar-refractivity contribution in [1.82, 2.24) is 14.9 Å². The summed E-state index contributed by atoms with van der Waals surface area (Å²) in [5, 5.41) is 14.6. The molecule has 0 spiro atoms. The number of aromatic nitrogens is 2. The van der Waals surface area contributed by atoms with E-state index in [1.165, 1.54) is 30.5 Å². The van der Waals surface area contributed by atoms with Gasteiger partial charge in [0.2, 0.25) is 5.95 Å². The van der Waals surface area contributed by atoms with Gasteiger partial charge in [0.1, 0.15) is 11.6 Å². The normalized spacial score (nSPS) is 14.5. The SMILES string of the molecule is Cc1cc(C)c(C(c2cc(Cl)ccc2F)N(C(=O)O)c2ccnc(Nc3ccc(N4CCN(C(C)C)CC4)c(Cl)c3)n2)c(C)c1. The smallest absolute Gasteiger partial charge is 0.413 e. The third kappa shape index (κ3) is 7.16. The first-order chi connectivity index (χ1) is 21.4. The summed E-state index contributed by atoms with van der Waals surface area (Å²) >= 11 is 13.0. The van der Waals surface area contributed by atoms with Gasteiger partial charge >= 0.3 is 6.09 Å². The van der Waals surface area contributed by atoms with Crippen molar-refractivity contribution in [2.75, 3.05) is 41.3 Å². The molecule has 5 rings (SSSR count). The molecule has 1 saturated heterocycles. The molecule has 45 heavy (non-hydrogen) atoms. The molecular formula is C34H37Cl2FN6O2. The topological polar surface area (TPSA) is 84.8 Å². The van der Waals surface area contributed by atoms with Crippen LogP contribution in [0.5, 0.6) is 0 Å². The van der Waals surface area contributed by atoms with Crippen molar-refractivity contribution in [3.8, 4) is 0 Å². The zero-order chi connectivity index (χ0) is 32.4. The van der Waals surface area contributed by atoms with Crippen molar-refractivity contribution < 1.29 is 14.3 Å². The summed E-state index contributed by atoms with van der Waals surface area (Å²) in [7, 11) is 0. The van der Waals surface area contributed by atoms with Crippen LogP contribution in [0.25, 0.3) is 0 Å². The molecule has 1 amide bonds. The van der Waals surface area contributed by atoms with Gasteiger partial charge in [-0.25, -0.2) is 19.1 Å². The van der Waals surface area contributed by atoms with Gasteiger partial charge in [0.25, 0.3) is 0 Å². The van der Waals surface area contributed by atoms with Crippen LogP contribution >= 0.6 is 23.2 Å². The Morgan fingerprint density at radius 3 is 2.29 bits per heavy atom. The molecule has 1 atom stereocenters. The van der Waals surface area contributed by atoms with Crippen molar-refractivity contribution >= 4 is 52.4 Å². The first-order valence-electron chi connectivity index (χ1n) is 14.9. The van der Waals surface area contributed by atoms with Gasteiger partial charge in [-0.3, -0.25) is 4.90 Å². The van der Waals surface area contributed by atoms with Gasteiger partial charge in [-0.15, -0.1) is 0 Å². The highest BCUT2D eigenvalue weighted by atomic mass is 35.5. The van der Waals surface area contributed by atoms with Crippen LogP contribution in [0.1, 0.15) is 47.7 Å². The number of rotatable bonds is 8. The van der Waals surface area contributed by atoms with E-state index in [0.29, 0.717) is 22.3 Å². The van der Waals surface area contributed by atoms with Crippen molar-refractivity contribution in [2.24, 2.45) is 0 Å². The number of hydrogen-bond donors (Lipinski definition) is 2. The molecule has 1 unspecified atom stereocenters. The molecule has 2 N–H and O–H groups in total. The fourth-order valence-electron chi connectivity index (χ4n) is 6.10. The molecule has 3 aromatic carbocycles. The number of benzene rings is 3. The lowest BCUT2D eigenvalue weighted by molar-refractivity contribution is 0.199. The summed E-state index contributed by atoms with van der Waals surface area (Å²) < 4.78 is 15.5. The summed E-state index contributed by atoms with van der Waals surface area (Å²) in [6.45, 7) is 13.8. The highest BCUT2D eigenvalue weighted by Gasteiger charge is 2.34. The second-order valence-electron chi connectivity index (χ2n) is 11.7. The highest BCUT2D eigenvalue weighted by molar-refractivity contribution is 6.33. The second-order valence-corrected chi connectivity index (χ2v) is 12.5. The Labute approximate surface area is 273 Å². The molecule has 0 bridgehead atoms. The molecule has 0 saturated carbocycles. The molecule has 0 aliphatic carbocycles. The fourth-order valence-corrected chi connectivity index (χ4v) is 6.58. The Kier molecular flexibility index (Phi) is 9.82. The minimum absolute atomic E-state index is 0.0643. The number of halogens is 3. The number of hydrogen-bond acceptors (Lipinski definition) is 6. The number of carbonyl (C=O) groups is 1. The Morgan fingerprint density at radius 2 is 1.67 bits per heavy atom. The van der Waals surface area contributed by atoms with E-state index < -0.39 is 18.0 Å². The van der Waals surface area contributed by atoms with Crippen LogP contribution in [0.2, 0.25) is 10.0 Å². The van der Waals surface area contributed by atoms with Gasteiger partial charge < -0.3 is 15.3 Å². The van der Waals surface area contributed by atoms with Crippen molar-refractivity contribution in [3.63, 3.8) is 0 Å². The molecular weight excluding hydrogens is 614 g/mol. The van der Waals surface area contributed by atoms with Crippen LogP contribution in [0.4, 0.5) is 32.3 Å². The Hall–Kier alpha value is -3.92. The molecule has 8 nitrogen and oxygen atoms in total. The summed E-state index contributed by atoms with van der Waals surface area (Å²) in [5.74, 6) is -0.354. The number of anilines is 4. The van der Waals surface area contributed by atoms with E-state index in [2.05, 4.69) is 38.9 Å². The number of piperazine rings is 1. The summed E-state index contributed by atoms with van der Waals surface area (Å²) in [6, 6.07) is 14.6. The maximum absolute atomic E-state index is 15.5. The van der Waals surface area contributed by atoms with E-state index in [9.17, 15) is 9.90 Å². The van der Waals surface area contributed by atoms with Crippen LogP contribution < -0.4 is 15.1 Å². The zero-order valence-electron chi connectivity index (χ0n) is 26.0. The van der Waals surface area contributed by atoms with Crippen molar-refractivity contribution in [1.29, 1.82) is 0 Å². The molecule has 1 aliphatic heterocycles. The Balaban J connectivity index is 1.48. The van der Waals surface area contributed by atoms with Crippen molar-refractivity contribution in [3.05, 3.63) is 104 Å². The molecule has 1 aromatic heterocycles. The number of nitrogens with one attached hydrogen (secondary N) is 1. The third-order valence-electron chi connectivity index (χ3n) is 8.21. The number of aryl methyl sites for hydroxylation is 3. The summed E-state index contributed by atoms with van der Waals surface area (Å²) in [6.07, 6.45) is 0.152. The Bertz CT molecular complexity index is 1690. The first kappa shape index (κ1) is 32.5. The first-order valence-corrected chi connectivity index (χ1v) is 15.6. The monoisotopic (exact) mass is 650 g/mol. The van der Waals surface area contributed by atoms with Crippen LogP contribution in [0.15, 0.2) is 60.8 Å². The van der Waals surface area contributed by atoms with E-state index in [1.54, 1.807) is 6.07 Å². The number of nitrogens with zero attached hydrogens (tertiary/aromatic N) is 5. The lowest BCUT2D eigenvalue weighted by atomic mass is 9.88. The van der Waals surface area contributed by atoms with Gasteiger partial charge in [-0.05, 0) is 93.8 Å². The van der Waals surface area contributed by atoms with Crippen molar-refractivity contribution in [2.45, 2.75) is 46.7 Å². The maximum atomic E-state index is 15.5. The molecule has 1 aliphatic rings. The summed E-state index contributed by atoms with van der Waals surface area (Å²) in [5.41, 5.74) is 5.00. The third-order valence-corrected chi connectivity index (χ3v) is 8.74. The molecule has 0 radical (unpaired) electrons. The van der Waals surface area contributed by atoms with Gasteiger partial charge in [-0.2, -0.15) is 4.98 Å². The predicted octanol–water partition coefficient (Wildman–Crippen LogP) is 8.40. The van der Waals surface area contributed by atoms with Crippen LogP contribution in [0.3, 0.4) is 0 Å². The fraction of sp³-hybridized carbons (Fsp3) is 0.324. The largest absolute Gasteiger partial charge is 0.465 e. The van der Waals surface area contributed by atoms with Gasteiger partial charge in [0, 0.05) is 54.7 Å². The number of amides is 1. The van der Waals surface area contributed by atoms with Crippen LogP contribution in [-0.4, -0.2) is 58.3 Å². The lowest BCUT2D eigenvalue weighted by Gasteiger charge is -2.38. The van der Waals surface area contributed by atoms with Gasteiger partial charge in [0.15, 0.2) is 0 Å². The van der Waals surface area contributed by atoms with Crippen LogP contribution in [-0.2, 0) is 0 Å². The van der Waals surface area contributed by atoms with Gasteiger partial charge in [0.05, 0.1) is 16.8 Å². The molecule has 236 valence electrons. The lowest BCUT2D eigenvalue weighted by Crippen LogP contribution is -2.49. The number of carboxylic acid groups (broad SMARTS) is 1.